The van der Waals surface area contributed by atoms with Crippen LogP contribution in [-0.4, -0.2) is 76.7 Å². The van der Waals surface area contributed by atoms with Crippen molar-refractivity contribution in [3.05, 3.63) is 45.5 Å². The van der Waals surface area contributed by atoms with Crippen LogP contribution in [0.3, 0.4) is 0 Å². The van der Waals surface area contributed by atoms with Crippen LogP contribution in [0.5, 0.6) is 0 Å². The second-order valence-corrected chi connectivity index (χ2v) is 12.4. The number of nitrogens with one attached hydrogen (secondary N) is 1. The van der Waals surface area contributed by atoms with Crippen molar-refractivity contribution < 1.29 is 19.3 Å². The van der Waals surface area contributed by atoms with Crippen LogP contribution in [0.1, 0.15) is 73.3 Å². The van der Waals surface area contributed by atoms with E-state index in [2.05, 4.69) is 24.1 Å². The summed E-state index contributed by atoms with van der Waals surface area (Å²) >= 11 is 0. The Morgan fingerprint density at radius 3 is 2.34 bits per heavy atom. The van der Waals surface area contributed by atoms with Crippen LogP contribution in [-0.2, 0) is 20.8 Å². The number of nitrogens with zero attached hydrogens (tertiary/aromatic N) is 4. The number of nitro benzene ring substituents is 1. The lowest BCUT2D eigenvalue weighted by atomic mass is 9.95. The van der Waals surface area contributed by atoms with Crippen molar-refractivity contribution in [3.63, 3.8) is 0 Å². The summed E-state index contributed by atoms with van der Waals surface area (Å²) in [6, 6.07) is 3.53. The Hall–Kier alpha value is -3.27. The lowest BCUT2D eigenvalue weighted by Gasteiger charge is -2.39. The fourth-order valence-corrected chi connectivity index (χ4v) is 5.97. The molecule has 1 N–H and O–H groups in total. The number of likely N-dealkylation sites (tertiary alicyclic amines) is 1. The highest BCUT2D eigenvalue weighted by atomic mass is 16.6. The van der Waals surface area contributed by atoms with Crippen molar-refractivity contribution in [2.24, 2.45) is 11.8 Å². The van der Waals surface area contributed by atoms with Crippen molar-refractivity contribution >= 4 is 29.1 Å². The van der Waals surface area contributed by atoms with E-state index in [4.69, 9.17) is 0 Å². The minimum atomic E-state index is -0.694. The van der Waals surface area contributed by atoms with E-state index < -0.39 is 17.0 Å². The van der Waals surface area contributed by atoms with Gasteiger partial charge in [-0.3, -0.25) is 29.4 Å². The quantitative estimate of drug-likeness (QED) is 0.255. The average Bonchev–Trinajstić information content (AvgIpc) is 3.36. The first-order valence-corrected chi connectivity index (χ1v) is 14.8. The molecule has 0 spiro atoms. The summed E-state index contributed by atoms with van der Waals surface area (Å²) in [5, 5.41) is 14.4. The van der Waals surface area contributed by atoms with Gasteiger partial charge in [-0.05, 0) is 64.0 Å². The summed E-state index contributed by atoms with van der Waals surface area (Å²) in [6.45, 7) is 15.1. The van der Waals surface area contributed by atoms with Crippen LogP contribution in [0.4, 0.5) is 11.4 Å². The number of anilines is 1. The summed E-state index contributed by atoms with van der Waals surface area (Å²) in [6.07, 6.45) is 5.27. The average molecular weight is 570 g/mol. The van der Waals surface area contributed by atoms with Crippen molar-refractivity contribution in [1.29, 1.82) is 0 Å². The van der Waals surface area contributed by atoms with E-state index in [-0.39, 0.29) is 47.3 Å². The molecule has 10 heteroatoms. The molecular formula is C31H47N5O5. The summed E-state index contributed by atoms with van der Waals surface area (Å²) in [4.78, 5) is 57.0. The fourth-order valence-electron chi connectivity index (χ4n) is 5.97. The van der Waals surface area contributed by atoms with E-state index in [0.29, 0.717) is 24.2 Å². The van der Waals surface area contributed by atoms with Crippen LogP contribution in [0.2, 0.25) is 0 Å². The number of amides is 3. The van der Waals surface area contributed by atoms with Crippen LogP contribution in [0.15, 0.2) is 29.8 Å². The normalized spacial score (nSPS) is 19.3. The molecule has 1 aromatic rings. The van der Waals surface area contributed by atoms with Crippen molar-refractivity contribution in [2.45, 2.75) is 98.3 Å². The minimum Gasteiger partial charge on any atom is -0.343 e. The third-order valence-corrected chi connectivity index (χ3v) is 8.40. The predicted molar refractivity (Wildman–Crippen MR) is 161 cm³/mol. The zero-order chi connectivity index (χ0) is 30.6. The number of benzene rings is 1. The Bertz CT molecular complexity index is 1180. The van der Waals surface area contributed by atoms with E-state index in [1.54, 1.807) is 35.9 Å². The molecule has 0 bridgehead atoms. The minimum absolute atomic E-state index is 0.00283. The van der Waals surface area contributed by atoms with Crippen molar-refractivity contribution in [2.75, 3.05) is 25.0 Å². The first kappa shape index (κ1) is 32.2. The third-order valence-electron chi connectivity index (χ3n) is 8.40. The Balaban J connectivity index is 1.80. The van der Waals surface area contributed by atoms with Gasteiger partial charge in [0.05, 0.1) is 22.7 Å². The van der Waals surface area contributed by atoms with Gasteiger partial charge in [-0.2, -0.15) is 0 Å². The van der Waals surface area contributed by atoms with Gasteiger partial charge in [0.25, 0.3) is 11.6 Å². The summed E-state index contributed by atoms with van der Waals surface area (Å²) < 4.78 is 0. The van der Waals surface area contributed by atoms with E-state index in [0.717, 1.165) is 31.4 Å². The standard InChI is InChI=1S/C31H47N5O5/c1-19(2)26(17-22(7)30(38)35-16-14-23-12-13-24(36(40)41)18-27(23)35)33(8)31(39)28(20(3)4)32-29(37)25-11-9-10-15-34(25)21(5)6/h12-13,17-21,25-26,28H,9-11,14-16H2,1-8H3,(H,32,37)/t25?,26-,28+/m1/s1. The highest BCUT2D eigenvalue weighted by molar-refractivity contribution is 6.06. The maximum absolute atomic E-state index is 13.8. The molecule has 10 nitrogen and oxygen atoms in total. The van der Waals surface area contributed by atoms with Crippen LogP contribution >= 0.6 is 0 Å². The third kappa shape index (κ3) is 7.33. The van der Waals surface area contributed by atoms with Gasteiger partial charge in [0.2, 0.25) is 11.8 Å². The molecular weight excluding hydrogens is 522 g/mol. The number of rotatable bonds is 10. The van der Waals surface area contributed by atoms with Gasteiger partial charge in [-0.25, -0.2) is 0 Å². The van der Waals surface area contributed by atoms with Crippen LogP contribution in [0, 0.1) is 22.0 Å². The number of non-ortho nitro benzene ring substituents is 1. The van der Waals surface area contributed by atoms with Gasteiger partial charge >= 0.3 is 0 Å². The Kier molecular flexibility index (Phi) is 10.7. The van der Waals surface area contributed by atoms with Gasteiger partial charge in [0.1, 0.15) is 6.04 Å². The van der Waals surface area contributed by atoms with Crippen molar-refractivity contribution in [3.8, 4) is 0 Å². The molecule has 1 fully saturated rings. The van der Waals surface area contributed by atoms with Gasteiger partial charge in [-0.1, -0.05) is 46.3 Å². The van der Waals surface area contributed by atoms with E-state index in [9.17, 15) is 24.5 Å². The first-order chi connectivity index (χ1) is 19.2. The number of piperidine rings is 1. The van der Waals surface area contributed by atoms with Gasteiger partial charge in [0, 0.05) is 37.3 Å². The van der Waals surface area contributed by atoms with Crippen LogP contribution < -0.4 is 10.2 Å². The maximum Gasteiger partial charge on any atom is 0.271 e. The maximum atomic E-state index is 13.8. The monoisotopic (exact) mass is 569 g/mol. The van der Waals surface area contributed by atoms with Gasteiger partial charge < -0.3 is 15.1 Å². The highest BCUT2D eigenvalue weighted by Crippen LogP contribution is 2.33. The summed E-state index contributed by atoms with van der Waals surface area (Å²) in [7, 11) is 1.72. The molecule has 41 heavy (non-hydrogen) atoms. The molecule has 0 aromatic heterocycles. The summed E-state index contributed by atoms with van der Waals surface area (Å²) in [5.74, 6) is -0.671. The molecule has 1 aromatic carbocycles. The number of likely N-dealkylation sites (N-methyl/N-ethyl adjacent to an activating group) is 1. The number of carbonyl (C=O) groups excluding carboxylic acids is 3. The molecule has 0 radical (unpaired) electrons. The van der Waals surface area contributed by atoms with Gasteiger partial charge in [0.15, 0.2) is 0 Å². The number of carbonyl (C=O) groups is 3. The topological polar surface area (TPSA) is 116 Å². The second-order valence-electron chi connectivity index (χ2n) is 12.4. The Labute approximate surface area is 244 Å². The molecule has 1 unspecified atom stereocenters. The number of hydrogen-bond acceptors (Lipinski definition) is 6. The lowest BCUT2D eigenvalue weighted by molar-refractivity contribution is -0.384. The van der Waals surface area contributed by atoms with E-state index in [1.165, 1.54) is 12.1 Å². The fraction of sp³-hybridized carbons (Fsp3) is 0.645. The molecule has 226 valence electrons. The molecule has 0 aliphatic carbocycles. The second kappa shape index (κ2) is 13.6. The Morgan fingerprint density at radius 1 is 1.07 bits per heavy atom. The molecule has 2 aliphatic heterocycles. The summed E-state index contributed by atoms with van der Waals surface area (Å²) in [5.41, 5.74) is 1.86. The molecule has 3 rings (SSSR count). The number of fused-ring (bicyclic) bond motifs is 1. The molecule has 2 aliphatic rings. The number of nitro groups is 1. The van der Waals surface area contributed by atoms with E-state index in [1.807, 2.05) is 27.7 Å². The van der Waals surface area contributed by atoms with Gasteiger partial charge in [-0.15, -0.1) is 0 Å². The zero-order valence-electron chi connectivity index (χ0n) is 25.8. The first-order valence-electron chi connectivity index (χ1n) is 14.8. The molecule has 3 amide bonds. The predicted octanol–water partition coefficient (Wildman–Crippen LogP) is 4.32. The smallest absolute Gasteiger partial charge is 0.271 e. The SMILES string of the molecule is CC(=C[C@H](C(C)C)N(C)C(=O)[C@@H](NC(=O)C1CCCCN1C(C)C)C(C)C)C(=O)N1CCc2ccc([N+](=O)[O-])cc21. The molecule has 0 saturated carbocycles. The molecule has 2 heterocycles. The lowest BCUT2D eigenvalue weighted by Crippen LogP contribution is -2.58. The largest absolute Gasteiger partial charge is 0.343 e. The van der Waals surface area contributed by atoms with Crippen molar-refractivity contribution in [1.82, 2.24) is 15.1 Å². The van der Waals surface area contributed by atoms with E-state index >= 15 is 0 Å². The van der Waals surface area contributed by atoms with Crippen LogP contribution in [0.25, 0.3) is 0 Å². The zero-order valence-corrected chi connectivity index (χ0v) is 25.8. The highest BCUT2D eigenvalue weighted by Gasteiger charge is 2.36. The number of hydrogen-bond donors (Lipinski definition) is 1. The Morgan fingerprint density at radius 2 is 1.76 bits per heavy atom. The molecule has 1 saturated heterocycles. The molecule has 3 atom stereocenters.